The van der Waals surface area contributed by atoms with Crippen LogP contribution in [0.25, 0.3) is 17.0 Å². The molecule has 9 nitrogen and oxygen atoms in total. The molecule has 0 amide bonds. The fourth-order valence-electron chi connectivity index (χ4n) is 4.20. The number of fused-ring (bicyclic) bond motifs is 1. The van der Waals surface area contributed by atoms with E-state index in [0.29, 0.717) is 29.3 Å². The molecule has 0 radical (unpaired) electrons. The minimum Gasteiger partial charge on any atom is -0.481 e. The molecule has 10 heteroatoms. The van der Waals surface area contributed by atoms with Crippen LogP contribution in [0, 0.1) is 5.82 Å². The summed E-state index contributed by atoms with van der Waals surface area (Å²) in [6, 6.07) is 9.32. The monoisotopic (exact) mass is 462 g/mol. The van der Waals surface area contributed by atoms with E-state index in [9.17, 15) is 4.39 Å². The zero-order valence-electron chi connectivity index (χ0n) is 19.0. The van der Waals surface area contributed by atoms with Crippen LogP contribution in [0.3, 0.4) is 0 Å². The molecule has 5 rings (SSSR count). The molecule has 4 aromatic rings. The third-order valence-electron chi connectivity index (χ3n) is 6.11. The molecule has 0 atom stereocenters. The average molecular weight is 463 g/mol. The topological polar surface area (TPSA) is 106 Å². The summed E-state index contributed by atoms with van der Waals surface area (Å²) in [5.74, 6) is 0.902. The van der Waals surface area contributed by atoms with Crippen molar-refractivity contribution >= 4 is 17.0 Å². The summed E-state index contributed by atoms with van der Waals surface area (Å²) in [5, 5.41) is 7.83. The number of rotatable bonds is 7. The number of nitrogens with one attached hydrogen (secondary N) is 1. The summed E-state index contributed by atoms with van der Waals surface area (Å²) in [6.07, 6.45) is 7.46. The second kappa shape index (κ2) is 9.70. The minimum absolute atomic E-state index is 0.289. The molecule has 3 N–H and O–H groups in total. The Balaban J connectivity index is 1.52. The van der Waals surface area contributed by atoms with Crippen molar-refractivity contribution in [3.63, 3.8) is 0 Å². The molecule has 4 aromatic heterocycles. The van der Waals surface area contributed by atoms with Crippen molar-refractivity contribution in [3.05, 3.63) is 60.3 Å². The highest BCUT2D eigenvalue weighted by Crippen LogP contribution is 2.28. The van der Waals surface area contributed by atoms with Gasteiger partial charge in [0.05, 0.1) is 19.0 Å². The van der Waals surface area contributed by atoms with E-state index in [2.05, 4.69) is 25.3 Å². The number of aromatic nitrogens is 5. The second-order valence-electron chi connectivity index (χ2n) is 8.39. The maximum Gasteiger partial charge on any atom is 0.213 e. The van der Waals surface area contributed by atoms with Gasteiger partial charge in [0.25, 0.3) is 0 Å². The molecule has 1 saturated heterocycles. The number of piperidine rings is 1. The van der Waals surface area contributed by atoms with Crippen LogP contribution in [-0.2, 0) is 6.42 Å². The van der Waals surface area contributed by atoms with Crippen molar-refractivity contribution in [2.24, 2.45) is 5.73 Å². The van der Waals surface area contributed by atoms with Crippen LogP contribution in [0.4, 0.5) is 15.9 Å². The van der Waals surface area contributed by atoms with Gasteiger partial charge in [0.15, 0.2) is 11.6 Å². The van der Waals surface area contributed by atoms with Crippen LogP contribution in [0.1, 0.15) is 18.4 Å². The molecule has 0 aliphatic carbocycles. The van der Waals surface area contributed by atoms with Crippen molar-refractivity contribution in [1.82, 2.24) is 29.5 Å². The number of anilines is 2. The Bertz CT molecular complexity index is 1290. The van der Waals surface area contributed by atoms with E-state index in [0.717, 1.165) is 50.0 Å². The Morgan fingerprint density at radius 2 is 2.03 bits per heavy atom. The highest BCUT2D eigenvalue weighted by molar-refractivity contribution is 5.78. The quantitative estimate of drug-likeness (QED) is 0.432. The number of likely N-dealkylation sites (tertiary alicyclic amines) is 1. The Hall–Kier alpha value is -3.63. The zero-order chi connectivity index (χ0) is 23.5. The first-order chi connectivity index (χ1) is 16.6. The first-order valence-electron chi connectivity index (χ1n) is 11.3. The molecular weight excluding hydrogens is 435 g/mol. The van der Waals surface area contributed by atoms with Crippen molar-refractivity contribution in [3.8, 4) is 17.4 Å². The molecule has 0 unspecified atom stereocenters. The lowest BCUT2D eigenvalue weighted by Gasteiger charge is -2.29. The van der Waals surface area contributed by atoms with E-state index in [1.165, 1.54) is 12.4 Å². The van der Waals surface area contributed by atoms with Gasteiger partial charge < -0.3 is 20.7 Å². The summed E-state index contributed by atoms with van der Waals surface area (Å²) >= 11 is 0. The summed E-state index contributed by atoms with van der Waals surface area (Å²) in [7, 11) is 1.56. The summed E-state index contributed by atoms with van der Waals surface area (Å²) in [4.78, 5) is 15.5. The molecule has 1 aliphatic heterocycles. The second-order valence-corrected chi connectivity index (χ2v) is 8.39. The maximum absolute atomic E-state index is 14.4. The number of hydrogen-bond acceptors (Lipinski definition) is 8. The third-order valence-corrected chi connectivity index (χ3v) is 6.11. The normalized spacial score (nSPS) is 15.0. The molecule has 0 spiro atoms. The molecule has 0 bridgehead atoms. The number of nitrogens with two attached hydrogens (primary N) is 1. The Morgan fingerprint density at radius 3 is 2.82 bits per heavy atom. The molecule has 0 aromatic carbocycles. The van der Waals surface area contributed by atoms with Crippen LogP contribution in [0.5, 0.6) is 5.88 Å². The van der Waals surface area contributed by atoms with Crippen molar-refractivity contribution in [2.75, 3.05) is 32.1 Å². The van der Waals surface area contributed by atoms with Crippen LogP contribution >= 0.6 is 0 Å². The Kier molecular flexibility index (Phi) is 6.33. The lowest BCUT2D eigenvalue weighted by atomic mass is 10.1. The first kappa shape index (κ1) is 22.2. The zero-order valence-corrected chi connectivity index (χ0v) is 19.0. The molecule has 5 heterocycles. The number of hydrogen-bond donors (Lipinski definition) is 2. The van der Waals surface area contributed by atoms with Gasteiger partial charge in [0.1, 0.15) is 11.2 Å². The molecule has 176 valence electrons. The van der Waals surface area contributed by atoms with Crippen LogP contribution in [0.15, 0.2) is 48.9 Å². The molecular formula is C24H27FN8O. The van der Waals surface area contributed by atoms with Gasteiger partial charge in [0, 0.05) is 31.0 Å². The lowest BCUT2D eigenvalue weighted by Crippen LogP contribution is -2.40. The SMILES string of the molecule is COc1cccc(-c2nc(Nc3ccncc3F)c3c(CCN4CCC(N)CC4)ccn3n2)n1. The van der Waals surface area contributed by atoms with Crippen LogP contribution in [-0.4, -0.2) is 62.3 Å². The first-order valence-corrected chi connectivity index (χ1v) is 11.3. The molecule has 34 heavy (non-hydrogen) atoms. The fourth-order valence-corrected chi connectivity index (χ4v) is 4.20. The highest BCUT2D eigenvalue weighted by atomic mass is 19.1. The van der Waals surface area contributed by atoms with Gasteiger partial charge >= 0.3 is 0 Å². The van der Waals surface area contributed by atoms with Crippen LogP contribution < -0.4 is 15.8 Å². The molecule has 1 aliphatic rings. The number of ether oxygens (including phenoxy) is 1. The fraction of sp³-hybridized carbons (Fsp3) is 0.333. The van der Waals surface area contributed by atoms with Gasteiger partial charge in [-0.05, 0) is 56.1 Å². The third kappa shape index (κ3) is 4.68. The average Bonchev–Trinajstić information content (AvgIpc) is 3.28. The molecule has 1 fully saturated rings. The van der Waals surface area contributed by atoms with Gasteiger partial charge in [-0.15, -0.1) is 5.10 Å². The predicted octanol–water partition coefficient (Wildman–Crippen LogP) is 3.04. The number of nitrogens with zero attached hydrogens (tertiary/aromatic N) is 6. The standard InChI is InChI=1S/C24H27FN8O/c1-34-21-4-2-3-20(28-21)23-30-24(29-19-5-10-27-15-18(19)25)22-16(7-14-33(22)31-23)6-11-32-12-8-17(26)9-13-32/h2-5,7,10,14-15,17H,6,8-9,11-13,26H2,1H3,(H,27,29,30,31). The number of pyridine rings is 2. The van der Waals surface area contributed by atoms with Crippen molar-refractivity contribution < 1.29 is 9.13 Å². The number of halogens is 1. The largest absolute Gasteiger partial charge is 0.481 e. The van der Waals surface area contributed by atoms with Gasteiger partial charge in [-0.3, -0.25) is 4.98 Å². The minimum atomic E-state index is -0.460. The smallest absolute Gasteiger partial charge is 0.213 e. The van der Waals surface area contributed by atoms with E-state index in [-0.39, 0.29) is 5.69 Å². The van der Waals surface area contributed by atoms with Crippen molar-refractivity contribution in [2.45, 2.75) is 25.3 Å². The Morgan fingerprint density at radius 1 is 1.18 bits per heavy atom. The van der Waals surface area contributed by atoms with Crippen LogP contribution in [0.2, 0.25) is 0 Å². The van der Waals surface area contributed by atoms with E-state index in [1.807, 2.05) is 24.4 Å². The number of methoxy groups -OCH3 is 1. The van der Waals surface area contributed by atoms with Crippen molar-refractivity contribution in [1.29, 1.82) is 0 Å². The summed E-state index contributed by atoms with van der Waals surface area (Å²) < 4.78 is 21.4. The van der Waals surface area contributed by atoms with Gasteiger partial charge in [0.2, 0.25) is 11.7 Å². The molecule has 0 saturated carbocycles. The lowest BCUT2D eigenvalue weighted by molar-refractivity contribution is 0.216. The Labute approximate surface area is 196 Å². The summed E-state index contributed by atoms with van der Waals surface area (Å²) in [6.45, 7) is 2.92. The maximum atomic E-state index is 14.4. The van der Waals surface area contributed by atoms with Gasteiger partial charge in [-0.1, -0.05) is 6.07 Å². The summed E-state index contributed by atoms with van der Waals surface area (Å²) in [5.41, 5.74) is 8.77. The van der Waals surface area contributed by atoms with E-state index in [1.54, 1.807) is 23.8 Å². The van der Waals surface area contributed by atoms with Gasteiger partial charge in [-0.25, -0.2) is 18.9 Å². The van der Waals surface area contributed by atoms with Gasteiger partial charge in [-0.2, -0.15) is 0 Å². The van der Waals surface area contributed by atoms with E-state index < -0.39 is 5.82 Å². The van der Waals surface area contributed by atoms with E-state index in [4.69, 9.17) is 15.5 Å². The highest BCUT2D eigenvalue weighted by Gasteiger charge is 2.19. The van der Waals surface area contributed by atoms with E-state index >= 15 is 0 Å². The predicted molar refractivity (Wildman–Crippen MR) is 128 cm³/mol.